The largest absolute Gasteiger partial charge is 1.00 e. The lowest BCUT2D eigenvalue weighted by Crippen LogP contribution is -3.00. The molecule has 1 rings (SSSR count). The maximum atomic E-state index is 5.89. The minimum absolute atomic E-state index is 0. The van der Waals surface area contributed by atoms with Crippen molar-refractivity contribution in [1.29, 1.82) is 0 Å². The van der Waals surface area contributed by atoms with Gasteiger partial charge in [0.05, 0.1) is 6.54 Å². The average Bonchev–Trinajstić information content (AvgIpc) is 2.18. The van der Waals surface area contributed by atoms with Gasteiger partial charge >= 0.3 is 0 Å². The zero-order valence-corrected chi connectivity index (χ0v) is 10.7. The molecule has 0 heterocycles. The Labute approximate surface area is 104 Å². The number of hydrogen-bond acceptors (Lipinski definition) is 0. The summed E-state index contributed by atoms with van der Waals surface area (Å²) >= 11 is 5.89. The van der Waals surface area contributed by atoms with Gasteiger partial charge in [-0.15, -0.1) is 0 Å². The molecule has 0 amide bonds. The van der Waals surface area contributed by atoms with Gasteiger partial charge in [0.2, 0.25) is 0 Å². The van der Waals surface area contributed by atoms with E-state index in [0.717, 1.165) is 11.6 Å². The van der Waals surface area contributed by atoms with Crippen molar-refractivity contribution in [2.45, 2.75) is 32.7 Å². The van der Waals surface area contributed by atoms with Crippen LogP contribution in [0.5, 0.6) is 0 Å². The van der Waals surface area contributed by atoms with Gasteiger partial charge in [-0.1, -0.05) is 37.1 Å². The van der Waals surface area contributed by atoms with Gasteiger partial charge in [0.1, 0.15) is 6.54 Å². The van der Waals surface area contributed by atoms with Crippen LogP contribution in [0.4, 0.5) is 0 Å². The van der Waals surface area contributed by atoms with Gasteiger partial charge in [0.25, 0.3) is 0 Å². The van der Waals surface area contributed by atoms with Gasteiger partial charge in [-0.05, 0) is 25.0 Å². The predicted molar refractivity (Wildman–Crippen MR) is 61.5 cm³/mol. The van der Waals surface area contributed by atoms with Crippen LogP contribution in [0.2, 0.25) is 5.02 Å². The van der Waals surface area contributed by atoms with E-state index in [0.29, 0.717) is 0 Å². The highest BCUT2D eigenvalue weighted by molar-refractivity contribution is 6.30. The second-order valence-electron chi connectivity index (χ2n) is 3.62. The summed E-state index contributed by atoms with van der Waals surface area (Å²) < 4.78 is 0. The smallest absolute Gasteiger partial charge is 0.101 e. The first-order valence-corrected chi connectivity index (χ1v) is 5.77. The van der Waals surface area contributed by atoms with Crippen molar-refractivity contribution < 1.29 is 17.7 Å². The van der Waals surface area contributed by atoms with Gasteiger partial charge in [0, 0.05) is 10.6 Å². The van der Waals surface area contributed by atoms with Crippen molar-refractivity contribution in [3.8, 4) is 0 Å². The first-order chi connectivity index (χ1) is 6.83. The van der Waals surface area contributed by atoms with Crippen LogP contribution >= 0.6 is 11.6 Å². The Bertz CT molecular complexity index is 264. The van der Waals surface area contributed by atoms with Gasteiger partial charge in [-0.3, -0.25) is 0 Å². The Morgan fingerprint density at radius 3 is 2.73 bits per heavy atom. The Morgan fingerprint density at radius 1 is 1.27 bits per heavy atom. The summed E-state index contributed by atoms with van der Waals surface area (Å²) in [4.78, 5) is 0. The Morgan fingerprint density at radius 2 is 2.07 bits per heavy atom. The summed E-state index contributed by atoms with van der Waals surface area (Å²) in [6, 6.07) is 8.10. The Hall–Kier alpha value is -0.240. The first kappa shape index (κ1) is 14.8. The van der Waals surface area contributed by atoms with E-state index in [-0.39, 0.29) is 12.4 Å². The standard InChI is InChI=1S/C12H18ClN.ClH/c1-2-3-4-8-14-10-11-6-5-7-12(13)9-11;/h5-7,9,14H,2-4,8,10H2,1H3;1H. The van der Waals surface area contributed by atoms with E-state index < -0.39 is 0 Å². The fourth-order valence-electron chi connectivity index (χ4n) is 1.47. The third-order valence-electron chi connectivity index (χ3n) is 2.28. The van der Waals surface area contributed by atoms with E-state index in [2.05, 4.69) is 18.3 Å². The minimum atomic E-state index is 0. The molecule has 0 atom stereocenters. The lowest BCUT2D eigenvalue weighted by Gasteiger charge is -2.01. The van der Waals surface area contributed by atoms with Gasteiger partial charge < -0.3 is 17.7 Å². The van der Waals surface area contributed by atoms with Gasteiger partial charge in [-0.2, -0.15) is 0 Å². The van der Waals surface area contributed by atoms with E-state index in [9.17, 15) is 0 Å². The number of nitrogens with two attached hydrogens (primary N) is 1. The number of benzene rings is 1. The highest BCUT2D eigenvalue weighted by atomic mass is 35.5. The van der Waals surface area contributed by atoms with Crippen LogP contribution in [0.3, 0.4) is 0 Å². The number of rotatable bonds is 6. The Balaban J connectivity index is 0.00000196. The van der Waals surface area contributed by atoms with Crippen LogP contribution < -0.4 is 17.7 Å². The fourth-order valence-corrected chi connectivity index (χ4v) is 1.68. The van der Waals surface area contributed by atoms with Crippen molar-refractivity contribution in [3.63, 3.8) is 0 Å². The molecule has 1 aromatic rings. The molecule has 15 heavy (non-hydrogen) atoms. The zero-order valence-electron chi connectivity index (χ0n) is 9.18. The quantitative estimate of drug-likeness (QED) is 0.660. The second-order valence-corrected chi connectivity index (χ2v) is 4.05. The average molecular weight is 248 g/mol. The molecule has 2 N–H and O–H groups in total. The third-order valence-corrected chi connectivity index (χ3v) is 2.52. The molecular weight excluding hydrogens is 229 g/mol. The molecule has 0 saturated heterocycles. The molecule has 0 aliphatic carbocycles. The van der Waals surface area contributed by atoms with Gasteiger partial charge in [0.15, 0.2) is 0 Å². The summed E-state index contributed by atoms with van der Waals surface area (Å²) in [6.45, 7) is 4.50. The molecular formula is C12H19Cl2N. The minimum Gasteiger partial charge on any atom is -1.00 e. The number of quaternary nitrogens is 1. The van der Waals surface area contributed by atoms with Crippen molar-refractivity contribution in [1.82, 2.24) is 0 Å². The van der Waals surface area contributed by atoms with E-state index in [1.165, 1.54) is 31.4 Å². The van der Waals surface area contributed by atoms with Crippen LogP contribution in [0.15, 0.2) is 24.3 Å². The molecule has 0 bridgehead atoms. The first-order valence-electron chi connectivity index (χ1n) is 5.39. The molecule has 0 unspecified atom stereocenters. The molecule has 0 fully saturated rings. The van der Waals surface area contributed by atoms with Crippen LogP contribution in [0, 0.1) is 0 Å². The molecule has 0 saturated carbocycles. The molecule has 0 spiro atoms. The lowest BCUT2D eigenvalue weighted by molar-refractivity contribution is -0.671. The van der Waals surface area contributed by atoms with Crippen LogP contribution in [0.25, 0.3) is 0 Å². The summed E-state index contributed by atoms with van der Waals surface area (Å²) in [7, 11) is 0. The van der Waals surface area contributed by atoms with E-state index in [4.69, 9.17) is 11.6 Å². The summed E-state index contributed by atoms with van der Waals surface area (Å²) in [5.41, 5.74) is 1.31. The molecule has 3 heteroatoms. The summed E-state index contributed by atoms with van der Waals surface area (Å²) in [5.74, 6) is 0. The summed E-state index contributed by atoms with van der Waals surface area (Å²) in [5, 5.41) is 3.19. The van der Waals surface area contributed by atoms with Crippen molar-refractivity contribution >= 4 is 11.6 Å². The van der Waals surface area contributed by atoms with Crippen molar-refractivity contribution in [2.24, 2.45) is 0 Å². The molecule has 1 aromatic carbocycles. The van der Waals surface area contributed by atoms with Crippen molar-refractivity contribution in [2.75, 3.05) is 6.54 Å². The van der Waals surface area contributed by atoms with E-state index in [1.807, 2.05) is 18.2 Å². The predicted octanol–water partition coefficient (Wildman–Crippen LogP) is -0.402. The van der Waals surface area contributed by atoms with Gasteiger partial charge in [-0.25, -0.2) is 0 Å². The normalized spacial score (nSPS) is 9.73. The van der Waals surface area contributed by atoms with Crippen LogP contribution in [-0.4, -0.2) is 6.54 Å². The number of unbranched alkanes of at least 4 members (excludes halogenated alkanes) is 2. The molecule has 0 radical (unpaired) electrons. The van der Waals surface area contributed by atoms with Crippen LogP contribution in [0.1, 0.15) is 31.7 Å². The zero-order chi connectivity index (χ0) is 10.2. The number of halogens is 2. The highest BCUT2D eigenvalue weighted by Gasteiger charge is 1.96. The van der Waals surface area contributed by atoms with E-state index >= 15 is 0 Å². The topological polar surface area (TPSA) is 16.6 Å². The second kappa shape index (κ2) is 9.02. The maximum absolute atomic E-state index is 5.89. The SMILES string of the molecule is CCCCC[NH2+]Cc1cccc(Cl)c1.[Cl-]. The monoisotopic (exact) mass is 247 g/mol. The molecule has 1 nitrogen and oxygen atoms in total. The van der Waals surface area contributed by atoms with E-state index in [1.54, 1.807) is 0 Å². The molecule has 0 aliphatic rings. The highest BCUT2D eigenvalue weighted by Crippen LogP contribution is 2.09. The molecule has 0 aromatic heterocycles. The lowest BCUT2D eigenvalue weighted by atomic mass is 10.2. The molecule has 0 aliphatic heterocycles. The fraction of sp³-hybridized carbons (Fsp3) is 0.500. The van der Waals surface area contributed by atoms with Crippen molar-refractivity contribution in [3.05, 3.63) is 34.9 Å². The molecule has 86 valence electrons. The summed E-state index contributed by atoms with van der Waals surface area (Å²) in [6.07, 6.45) is 3.95. The van der Waals surface area contributed by atoms with Crippen LogP contribution in [-0.2, 0) is 6.54 Å². The maximum Gasteiger partial charge on any atom is 0.101 e. The third kappa shape index (κ3) is 6.77. The Kier molecular flexibility index (Phi) is 8.88. The number of hydrogen-bond donors (Lipinski definition) is 1.